The predicted octanol–water partition coefficient (Wildman–Crippen LogP) is 0.685. The van der Waals surface area contributed by atoms with E-state index in [0.29, 0.717) is 11.5 Å². The summed E-state index contributed by atoms with van der Waals surface area (Å²) in [5.74, 6) is 0.0805. The molecule has 0 aromatic heterocycles. The van der Waals surface area contributed by atoms with Crippen molar-refractivity contribution in [3.8, 4) is 11.5 Å². The molecule has 0 saturated heterocycles. The molecule has 6 heteroatoms. The van der Waals surface area contributed by atoms with Crippen LogP contribution in [0.2, 0.25) is 0 Å². The highest BCUT2D eigenvalue weighted by Gasteiger charge is 2.26. The molecular weight excluding hydrogens is 248 g/mol. The number of carboxylic acid groups (broad SMARTS) is 1. The van der Waals surface area contributed by atoms with E-state index in [4.69, 9.17) is 20.3 Å². The number of ether oxygens (including phenoxy) is 2. The standard InChI is InChI=1S/C13H20N2O4/c1-7-5-9(18-3)10(19-4)6-8(7)12(15-2)11(14)13(16)17/h5-6,11-12,15H,14H2,1-4H3,(H,16,17). The van der Waals surface area contributed by atoms with Crippen LogP contribution in [0.5, 0.6) is 11.5 Å². The highest BCUT2D eigenvalue weighted by molar-refractivity contribution is 5.74. The van der Waals surface area contributed by atoms with Crippen LogP contribution in [0, 0.1) is 6.92 Å². The van der Waals surface area contributed by atoms with Crippen molar-refractivity contribution in [3.63, 3.8) is 0 Å². The lowest BCUT2D eigenvalue weighted by atomic mass is 9.95. The van der Waals surface area contributed by atoms with Gasteiger partial charge in [-0.3, -0.25) is 4.79 Å². The summed E-state index contributed by atoms with van der Waals surface area (Å²) in [6.07, 6.45) is 0. The molecule has 0 aliphatic rings. The van der Waals surface area contributed by atoms with Crippen LogP contribution >= 0.6 is 0 Å². The van der Waals surface area contributed by atoms with Gasteiger partial charge in [0.25, 0.3) is 0 Å². The fourth-order valence-corrected chi connectivity index (χ4v) is 2.00. The molecule has 0 fully saturated rings. The number of aliphatic carboxylic acids is 1. The molecule has 0 spiro atoms. The average Bonchev–Trinajstić information content (AvgIpc) is 2.40. The van der Waals surface area contributed by atoms with E-state index in [0.717, 1.165) is 11.1 Å². The van der Waals surface area contributed by atoms with Crippen molar-refractivity contribution in [1.29, 1.82) is 0 Å². The zero-order valence-electron chi connectivity index (χ0n) is 11.6. The van der Waals surface area contributed by atoms with Gasteiger partial charge in [0.2, 0.25) is 0 Å². The van der Waals surface area contributed by atoms with Crippen LogP contribution in [0.3, 0.4) is 0 Å². The van der Waals surface area contributed by atoms with Gasteiger partial charge in [0, 0.05) is 0 Å². The number of benzene rings is 1. The first-order valence-electron chi connectivity index (χ1n) is 5.84. The average molecular weight is 268 g/mol. The number of aryl methyl sites for hydroxylation is 1. The molecule has 0 radical (unpaired) electrons. The lowest BCUT2D eigenvalue weighted by molar-refractivity contribution is -0.139. The molecule has 19 heavy (non-hydrogen) atoms. The van der Waals surface area contributed by atoms with Crippen LogP contribution in [0.1, 0.15) is 17.2 Å². The quantitative estimate of drug-likeness (QED) is 0.702. The Labute approximate surface area is 112 Å². The van der Waals surface area contributed by atoms with Gasteiger partial charge in [-0.1, -0.05) is 0 Å². The van der Waals surface area contributed by atoms with Crippen LogP contribution in [-0.4, -0.2) is 38.4 Å². The largest absolute Gasteiger partial charge is 0.493 e. The number of hydrogen-bond donors (Lipinski definition) is 3. The number of methoxy groups -OCH3 is 2. The summed E-state index contributed by atoms with van der Waals surface area (Å²) in [6, 6.07) is 2.00. The number of rotatable bonds is 6. The first kappa shape index (κ1) is 15.3. The van der Waals surface area contributed by atoms with Crippen molar-refractivity contribution in [1.82, 2.24) is 5.32 Å². The summed E-state index contributed by atoms with van der Waals surface area (Å²) in [4.78, 5) is 11.0. The summed E-state index contributed by atoms with van der Waals surface area (Å²) in [7, 11) is 4.75. The molecule has 2 unspecified atom stereocenters. The van der Waals surface area contributed by atoms with Gasteiger partial charge in [0.1, 0.15) is 6.04 Å². The van der Waals surface area contributed by atoms with Gasteiger partial charge in [-0.2, -0.15) is 0 Å². The molecule has 6 nitrogen and oxygen atoms in total. The molecule has 0 heterocycles. The fraction of sp³-hybridized carbons (Fsp3) is 0.462. The Bertz CT molecular complexity index is 462. The number of nitrogens with two attached hydrogens (primary N) is 1. The number of likely N-dealkylation sites (N-methyl/N-ethyl adjacent to an activating group) is 1. The third-order valence-corrected chi connectivity index (χ3v) is 3.06. The zero-order valence-corrected chi connectivity index (χ0v) is 11.6. The monoisotopic (exact) mass is 268 g/mol. The van der Waals surface area contributed by atoms with Gasteiger partial charge in [-0.05, 0) is 37.2 Å². The van der Waals surface area contributed by atoms with E-state index >= 15 is 0 Å². The Morgan fingerprint density at radius 3 is 2.26 bits per heavy atom. The van der Waals surface area contributed by atoms with E-state index in [9.17, 15) is 4.79 Å². The van der Waals surface area contributed by atoms with Crippen molar-refractivity contribution in [2.75, 3.05) is 21.3 Å². The van der Waals surface area contributed by atoms with E-state index in [1.54, 1.807) is 26.3 Å². The lowest BCUT2D eigenvalue weighted by Gasteiger charge is -2.23. The van der Waals surface area contributed by atoms with Gasteiger partial charge in [0.05, 0.1) is 20.3 Å². The summed E-state index contributed by atoms with van der Waals surface area (Å²) in [5.41, 5.74) is 7.36. The SMILES string of the molecule is CNC(c1cc(OC)c(OC)cc1C)C(N)C(=O)O. The molecule has 1 aromatic carbocycles. The number of nitrogens with one attached hydrogen (secondary N) is 1. The summed E-state index contributed by atoms with van der Waals surface area (Å²) in [5, 5.41) is 12.0. The predicted molar refractivity (Wildman–Crippen MR) is 71.7 cm³/mol. The minimum atomic E-state index is -1.06. The lowest BCUT2D eigenvalue weighted by Crippen LogP contribution is -2.42. The Balaban J connectivity index is 3.28. The van der Waals surface area contributed by atoms with Gasteiger partial charge < -0.3 is 25.6 Å². The maximum Gasteiger partial charge on any atom is 0.322 e. The minimum absolute atomic E-state index is 0.502. The van der Waals surface area contributed by atoms with Crippen molar-refractivity contribution in [3.05, 3.63) is 23.3 Å². The number of hydrogen-bond acceptors (Lipinski definition) is 5. The van der Waals surface area contributed by atoms with Crippen LogP contribution < -0.4 is 20.5 Å². The molecule has 2 atom stereocenters. The first-order valence-corrected chi connectivity index (χ1v) is 5.84. The van der Waals surface area contributed by atoms with Gasteiger partial charge in [-0.15, -0.1) is 0 Å². The summed E-state index contributed by atoms with van der Waals surface area (Å²) >= 11 is 0. The van der Waals surface area contributed by atoms with Crippen LogP contribution in [0.25, 0.3) is 0 Å². The van der Waals surface area contributed by atoms with Gasteiger partial charge in [-0.25, -0.2) is 0 Å². The molecule has 1 aromatic rings. The van der Waals surface area contributed by atoms with Crippen molar-refractivity contribution in [2.45, 2.75) is 19.0 Å². The smallest absolute Gasteiger partial charge is 0.322 e. The Kier molecular flexibility index (Phi) is 5.14. The Hall–Kier alpha value is -1.79. The maximum atomic E-state index is 11.0. The van der Waals surface area contributed by atoms with E-state index in [-0.39, 0.29) is 0 Å². The second kappa shape index (κ2) is 6.40. The summed E-state index contributed by atoms with van der Waals surface area (Å²) in [6.45, 7) is 1.87. The van der Waals surface area contributed by atoms with Gasteiger partial charge in [0.15, 0.2) is 11.5 Å². The molecule has 4 N–H and O–H groups in total. The van der Waals surface area contributed by atoms with Crippen LogP contribution in [-0.2, 0) is 4.79 Å². The molecule has 0 saturated carbocycles. The molecule has 0 aliphatic heterocycles. The van der Waals surface area contributed by atoms with Crippen LogP contribution in [0.15, 0.2) is 12.1 Å². The van der Waals surface area contributed by atoms with Crippen molar-refractivity contribution < 1.29 is 19.4 Å². The first-order chi connectivity index (χ1) is 8.96. The van der Waals surface area contributed by atoms with E-state index in [2.05, 4.69) is 5.32 Å². The van der Waals surface area contributed by atoms with E-state index in [1.807, 2.05) is 6.92 Å². The third kappa shape index (κ3) is 3.15. The Morgan fingerprint density at radius 1 is 1.32 bits per heavy atom. The van der Waals surface area contributed by atoms with Gasteiger partial charge >= 0.3 is 5.97 Å². The Morgan fingerprint density at radius 2 is 1.84 bits per heavy atom. The second-order valence-corrected chi connectivity index (χ2v) is 4.19. The summed E-state index contributed by atoms with van der Waals surface area (Å²) < 4.78 is 10.4. The molecule has 106 valence electrons. The van der Waals surface area contributed by atoms with Crippen molar-refractivity contribution >= 4 is 5.97 Å². The normalized spacial score (nSPS) is 13.7. The third-order valence-electron chi connectivity index (χ3n) is 3.06. The van der Waals surface area contributed by atoms with Crippen molar-refractivity contribution in [2.24, 2.45) is 5.73 Å². The highest BCUT2D eigenvalue weighted by Crippen LogP contribution is 2.33. The highest BCUT2D eigenvalue weighted by atomic mass is 16.5. The topological polar surface area (TPSA) is 93.8 Å². The van der Waals surface area contributed by atoms with E-state index < -0.39 is 18.1 Å². The molecule has 0 bridgehead atoms. The molecule has 1 rings (SSSR count). The molecular formula is C13H20N2O4. The van der Waals surface area contributed by atoms with Crippen LogP contribution in [0.4, 0.5) is 0 Å². The molecule has 0 aliphatic carbocycles. The van der Waals surface area contributed by atoms with E-state index in [1.165, 1.54) is 7.11 Å². The fourth-order valence-electron chi connectivity index (χ4n) is 2.00. The second-order valence-electron chi connectivity index (χ2n) is 4.19. The minimum Gasteiger partial charge on any atom is -0.493 e. The maximum absolute atomic E-state index is 11.0. The number of carboxylic acids is 1. The zero-order chi connectivity index (χ0) is 14.6. The molecule has 0 amide bonds. The number of carbonyl (C=O) groups is 1.